The molecule has 0 aromatic rings. The summed E-state index contributed by atoms with van der Waals surface area (Å²) in [6.07, 6.45) is 71.8. The van der Waals surface area contributed by atoms with Gasteiger partial charge < -0.3 is 14.2 Å². The summed E-state index contributed by atoms with van der Waals surface area (Å²) in [6.45, 7) is 6.51. The number of carbonyl (C=O) groups excluding carboxylic acids is 3. The molecular formula is C62H108O6. The second-order valence-corrected chi connectivity index (χ2v) is 19.2. The van der Waals surface area contributed by atoms with Crippen LogP contribution in [0.5, 0.6) is 0 Å². The van der Waals surface area contributed by atoms with Crippen LogP contribution in [-0.4, -0.2) is 37.2 Å². The van der Waals surface area contributed by atoms with Crippen molar-refractivity contribution in [3.05, 3.63) is 72.9 Å². The number of ether oxygens (including phenoxy) is 3. The van der Waals surface area contributed by atoms with E-state index in [0.717, 1.165) is 109 Å². The molecule has 0 spiro atoms. The Bertz CT molecular complexity index is 1270. The number of rotatable bonds is 52. The van der Waals surface area contributed by atoms with Gasteiger partial charge in [0.2, 0.25) is 0 Å². The average Bonchev–Trinajstić information content (AvgIpc) is 3.34. The SMILES string of the molecule is CC/C=C\C/C=C\C/C=C\C/C=C\C/C=C\CCCCCCCC(=O)OCC(COC(=O)CCCCCCCCCCCC)OC(=O)CCCCCCCCCCC/C=C\CCCCCCCC. The summed E-state index contributed by atoms with van der Waals surface area (Å²) in [5.41, 5.74) is 0. The highest BCUT2D eigenvalue weighted by molar-refractivity contribution is 5.71. The van der Waals surface area contributed by atoms with Crippen LogP contribution in [0.15, 0.2) is 72.9 Å². The highest BCUT2D eigenvalue weighted by Gasteiger charge is 2.19. The molecule has 68 heavy (non-hydrogen) atoms. The first-order valence-electron chi connectivity index (χ1n) is 28.9. The van der Waals surface area contributed by atoms with Gasteiger partial charge in [0.15, 0.2) is 6.10 Å². The van der Waals surface area contributed by atoms with Crippen LogP contribution in [0, 0.1) is 0 Å². The number of esters is 3. The summed E-state index contributed by atoms with van der Waals surface area (Å²) in [5, 5.41) is 0. The molecule has 6 heteroatoms. The van der Waals surface area contributed by atoms with Crippen LogP contribution in [0.2, 0.25) is 0 Å². The Kier molecular flexibility index (Phi) is 53.8. The van der Waals surface area contributed by atoms with E-state index in [1.807, 2.05) is 0 Å². The summed E-state index contributed by atoms with van der Waals surface area (Å²) < 4.78 is 16.8. The quantitative estimate of drug-likeness (QED) is 0.0262. The number of unbranched alkanes of at least 4 members (excludes halogenated alkanes) is 29. The summed E-state index contributed by atoms with van der Waals surface area (Å²) in [5.74, 6) is -0.895. The molecule has 1 atom stereocenters. The number of carbonyl (C=O) groups is 3. The molecule has 0 N–H and O–H groups in total. The molecule has 0 rings (SSSR count). The Morgan fingerprint density at radius 1 is 0.309 bits per heavy atom. The standard InChI is InChI=1S/C62H108O6/c1-4-7-10-13-16-19-22-24-26-28-30-31-33-34-36-38-40-43-46-49-52-55-61(64)67-58-59(57-66-60(63)54-51-48-45-42-21-18-15-12-9-6-3)68-62(65)56-53-50-47-44-41-39-37-35-32-29-27-25-23-20-17-14-11-8-5-2/h7,10,16,19,24-27,30-31,34,36,59H,4-6,8-9,11-15,17-18,20-23,28-29,32-33,35,37-58H2,1-3H3/b10-7-,19-16-,26-24-,27-25-,31-30-,36-34-. The van der Waals surface area contributed by atoms with Gasteiger partial charge in [-0.25, -0.2) is 0 Å². The molecule has 0 fully saturated rings. The molecule has 0 heterocycles. The van der Waals surface area contributed by atoms with Crippen LogP contribution in [0.25, 0.3) is 0 Å². The number of allylic oxidation sites excluding steroid dienone is 12. The first kappa shape index (κ1) is 64.8. The molecule has 0 aromatic carbocycles. The van der Waals surface area contributed by atoms with Crippen LogP contribution in [0.3, 0.4) is 0 Å². The maximum atomic E-state index is 12.8. The maximum absolute atomic E-state index is 12.8. The highest BCUT2D eigenvalue weighted by Crippen LogP contribution is 2.15. The van der Waals surface area contributed by atoms with Gasteiger partial charge in [-0.05, 0) is 89.9 Å². The normalized spacial score (nSPS) is 12.6. The van der Waals surface area contributed by atoms with Crippen LogP contribution in [0.1, 0.15) is 284 Å². The Hall–Kier alpha value is -3.15. The van der Waals surface area contributed by atoms with E-state index in [4.69, 9.17) is 14.2 Å². The van der Waals surface area contributed by atoms with Gasteiger partial charge in [0.25, 0.3) is 0 Å². The van der Waals surface area contributed by atoms with Crippen molar-refractivity contribution in [2.45, 2.75) is 290 Å². The lowest BCUT2D eigenvalue weighted by Gasteiger charge is -2.18. The van der Waals surface area contributed by atoms with E-state index in [9.17, 15) is 14.4 Å². The fourth-order valence-corrected chi connectivity index (χ4v) is 8.11. The molecular weight excluding hydrogens is 841 g/mol. The number of hydrogen-bond acceptors (Lipinski definition) is 6. The fraction of sp³-hybridized carbons (Fsp3) is 0.758. The Labute approximate surface area is 421 Å². The van der Waals surface area contributed by atoms with Gasteiger partial charge >= 0.3 is 17.9 Å². The zero-order valence-electron chi connectivity index (χ0n) is 44.9. The summed E-state index contributed by atoms with van der Waals surface area (Å²) in [4.78, 5) is 38.1. The minimum atomic E-state index is -0.783. The molecule has 6 nitrogen and oxygen atoms in total. The topological polar surface area (TPSA) is 78.9 Å². The van der Waals surface area contributed by atoms with Gasteiger partial charge in [0.1, 0.15) is 13.2 Å². The molecule has 0 aliphatic rings. The van der Waals surface area contributed by atoms with Crippen LogP contribution >= 0.6 is 0 Å². The Balaban J connectivity index is 4.34. The van der Waals surface area contributed by atoms with Gasteiger partial charge in [0.05, 0.1) is 0 Å². The van der Waals surface area contributed by atoms with Gasteiger partial charge in [-0.1, -0.05) is 248 Å². The van der Waals surface area contributed by atoms with Gasteiger partial charge in [-0.15, -0.1) is 0 Å². The summed E-state index contributed by atoms with van der Waals surface area (Å²) in [6, 6.07) is 0. The largest absolute Gasteiger partial charge is 0.462 e. The van der Waals surface area contributed by atoms with Crippen molar-refractivity contribution in [2.75, 3.05) is 13.2 Å². The van der Waals surface area contributed by atoms with Crippen molar-refractivity contribution in [3.63, 3.8) is 0 Å². The molecule has 0 bridgehead atoms. The molecule has 0 aromatic heterocycles. The van der Waals surface area contributed by atoms with Crippen molar-refractivity contribution in [3.8, 4) is 0 Å². The lowest BCUT2D eigenvalue weighted by Crippen LogP contribution is -2.30. The molecule has 0 amide bonds. The highest BCUT2D eigenvalue weighted by atomic mass is 16.6. The van der Waals surface area contributed by atoms with Gasteiger partial charge in [-0.3, -0.25) is 14.4 Å². The van der Waals surface area contributed by atoms with Crippen LogP contribution < -0.4 is 0 Å². The van der Waals surface area contributed by atoms with E-state index < -0.39 is 6.10 Å². The number of hydrogen-bond donors (Lipinski definition) is 0. The van der Waals surface area contributed by atoms with E-state index in [2.05, 4.69) is 93.7 Å². The van der Waals surface area contributed by atoms with E-state index in [-0.39, 0.29) is 31.1 Å². The molecule has 0 aliphatic heterocycles. The average molecular weight is 950 g/mol. The fourth-order valence-electron chi connectivity index (χ4n) is 8.11. The lowest BCUT2D eigenvalue weighted by molar-refractivity contribution is -0.167. The minimum absolute atomic E-state index is 0.0804. The smallest absolute Gasteiger partial charge is 0.306 e. The second-order valence-electron chi connectivity index (χ2n) is 19.2. The summed E-state index contributed by atoms with van der Waals surface area (Å²) >= 11 is 0. The van der Waals surface area contributed by atoms with E-state index in [0.29, 0.717) is 19.3 Å². The van der Waals surface area contributed by atoms with E-state index >= 15 is 0 Å². The van der Waals surface area contributed by atoms with Crippen LogP contribution in [0.4, 0.5) is 0 Å². The molecule has 392 valence electrons. The summed E-state index contributed by atoms with van der Waals surface area (Å²) in [7, 11) is 0. The first-order valence-corrected chi connectivity index (χ1v) is 28.9. The third-order valence-electron chi connectivity index (χ3n) is 12.4. The van der Waals surface area contributed by atoms with E-state index in [1.165, 1.54) is 135 Å². The third-order valence-corrected chi connectivity index (χ3v) is 12.4. The van der Waals surface area contributed by atoms with Crippen molar-refractivity contribution in [1.82, 2.24) is 0 Å². The third kappa shape index (κ3) is 53.8. The zero-order valence-corrected chi connectivity index (χ0v) is 44.9. The molecule has 0 radical (unpaired) electrons. The lowest BCUT2D eigenvalue weighted by atomic mass is 10.1. The second kappa shape index (κ2) is 56.4. The monoisotopic (exact) mass is 949 g/mol. The molecule has 0 aliphatic carbocycles. The molecule has 0 saturated carbocycles. The predicted octanol–water partition coefficient (Wildman–Crippen LogP) is 19.4. The van der Waals surface area contributed by atoms with Gasteiger partial charge in [0, 0.05) is 19.3 Å². The Morgan fingerprint density at radius 2 is 0.574 bits per heavy atom. The van der Waals surface area contributed by atoms with Crippen molar-refractivity contribution in [1.29, 1.82) is 0 Å². The first-order chi connectivity index (χ1) is 33.5. The van der Waals surface area contributed by atoms with Crippen LogP contribution in [-0.2, 0) is 28.6 Å². The maximum Gasteiger partial charge on any atom is 0.306 e. The van der Waals surface area contributed by atoms with Crippen molar-refractivity contribution < 1.29 is 28.6 Å². The predicted molar refractivity (Wildman–Crippen MR) is 293 cm³/mol. The van der Waals surface area contributed by atoms with Crippen molar-refractivity contribution in [2.24, 2.45) is 0 Å². The minimum Gasteiger partial charge on any atom is -0.462 e. The molecule has 1 unspecified atom stereocenters. The molecule has 0 saturated heterocycles. The zero-order chi connectivity index (χ0) is 49.3. The van der Waals surface area contributed by atoms with Crippen molar-refractivity contribution >= 4 is 17.9 Å². The van der Waals surface area contributed by atoms with Gasteiger partial charge in [-0.2, -0.15) is 0 Å². The Morgan fingerprint density at radius 3 is 0.912 bits per heavy atom. The van der Waals surface area contributed by atoms with E-state index in [1.54, 1.807) is 0 Å².